The first kappa shape index (κ1) is 21.1. The van der Waals surface area contributed by atoms with E-state index in [1.807, 2.05) is 0 Å². The highest BCUT2D eigenvalue weighted by Crippen LogP contribution is 2.41. The number of thiol groups is 1. The highest BCUT2D eigenvalue weighted by molar-refractivity contribution is 8.00. The molecule has 0 spiro atoms. The summed E-state index contributed by atoms with van der Waals surface area (Å²) < 4.78 is 0. The molecule has 29 heavy (non-hydrogen) atoms. The maximum absolute atomic E-state index is 12.7. The molecule has 2 aliphatic rings. The average Bonchev–Trinajstić information content (AvgIpc) is 3.13. The second-order valence-corrected chi connectivity index (χ2v) is 8.21. The molecule has 0 aromatic carbocycles. The van der Waals surface area contributed by atoms with Gasteiger partial charge in [-0.05, 0) is 5.57 Å². The van der Waals surface area contributed by atoms with E-state index in [-0.39, 0.29) is 28.7 Å². The van der Waals surface area contributed by atoms with E-state index in [4.69, 9.17) is 15.8 Å². The van der Waals surface area contributed by atoms with Crippen LogP contribution in [-0.4, -0.2) is 68.2 Å². The van der Waals surface area contributed by atoms with E-state index in [2.05, 4.69) is 33.2 Å². The van der Waals surface area contributed by atoms with Gasteiger partial charge in [0.2, 0.25) is 5.12 Å². The van der Waals surface area contributed by atoms with Gasteiger partial charge in [0, 0.05) is 23.8 Å². The summed E-state index contributed by atoms with van der Waals surface area (Å²) in [6, 6.07) is -0.860. The van der Waals surface area contributed by atoms with Crippen LogP contribution in [-0.2, 0) is 19.2 Å². The lowest BCUT2D eigenvalue weighted by Crippen LogP contribution is -2.70. The highest BCUT2D eigenvalue weighted by Gasteiger charge is 2.53. The van der Waals surface area contributed by atoms with E-state index in [9.17, 15) is 14.4 Å². The fourth-order valence-corrected chi connectivity index (χ4v) is 5.07. The number of β-lactam (4-membered cyclic amide) rings is 1. The third kappa shape index (κ3) is 4.09. The molecule has 154 valence electrons. The van der Waals surface area contributed by atoms with Crippen molar-refractivity contribution < 1.29 is 24.4 Å². The van der Waals surface area contributed by atoms with Gasteiger partial charge in [-0.2, -0.15) is 0 Å². The van der Waals surface area contributed by atoms with Crippen LogP contribution in [0.15, 0.2) is 27.0 Å². The third-order valence-corrected chi connectivity index (χ3v) is 6.34. The first-order chi connectivity index (χ1) is 13.9. The maximum Gasteiger partial charge on any atom is 0.276 e. The molecule has 11 nitrogen and oxygen atoms in total. The average molecular weight is 457 g/mol. The van der Waals surface area contributed by atoms with E-state index < -0.39 is 28.3 Å². The number of fused-ring (bicyclic) bond motifs is 1. The molecule has 2 amide bonds. The minimum atomic E-state index is -0.860. The number of oxime groups is 2. The van der Waals surface area contributed by atoms with Crippen LogP contribution in [0.2, 0.25) is 0 Å². The number of nitrogens with zero attached hydrogens (tertiary/aromatic N) is 4. The zero-order valence-corrected chi connectivity index (χ0v) is 17.5. The number of rotatable bonds is 7. The number of carbonyl (C=O) groups excluding carboxylic acids is 3. The molecule has 0 aliphatic carbocycles. The van der Waals surface area contributed by atoms with Crippen LogP contribution in [0.3, 0.4) is 0 Å². The van der Waals surface area contributed by atoms with E-state index in [0.29, 0.717) is 11.3 Å². The predicted octanol–water partition coefficient (Wildman–Crippen LogP) is 0.0363. The molecular formula is C15H16N6O5S3. The van der Waals surface area contributed by atoms with Crippen molar-refractivity contribution >= 4 is 69.7 Å². The molecule has 2 atom stereocenters. The minimum Gasteiger partial charge on any atom is -0.411 e. The number of nitrogen functional groups attached to an aromatic ring is 1. The number of nitrogens with two attached hydrogens (primary N) is 1. The van der Waals surface area contributed by atoms with Crippen LogP contribution in [0.25, 0.3) is 0 Å². The molecule has 3 heterocycles. The van der Waals surface area contributed by atoms with Gasteiger partial charge in [-0.15, -0.1) is 28.3 Å². The normalized spacial score (nSPS) is 21.8. The van der Waals surface area contributed by atoms with Gasteiger partial charge in [0.15, 0.2) is 10.8 Å². The lowest BCUT2D eigenvalue weighted by molar-refractivity contribution is -0.146. The van der Waals surface area contributed by atoms with E-state index in [0.717, 1.165) is 11.3 Å². The number of thioether (sulfide) groups is 1. The predicted molar refractivity (Wildman–Crippen MR) is 111 cm³/mol. The third-order valence-electron chi connectivity index (χ3n) is 4.12. The van der Waals surface area contributed by atoms with Gasteiger partial charge in [-0.25, -0.2) is 4.98 Å². The van der Waals surface area contributed by atoms with Crippen LogP contribution in [0, 0.1) is 0 Å². The zero-order valence-electron chi connectivity index (χ0n) is 14.9. The van der Waals surface area contributed by atoms with Crippen molar-refractivity contribution in [2.75, 3.05) is 18.6 Å². The summed E-state index contributed by atoms with van der Waals surface area (Å²) in [5, 5.41) is 18.6. The van der Waals surface area contributed by atoms with E-state index in [1.165, 1.54) is 30.0 Å². The Morgan fingerprint density at radius 3 is 2.93 bits per heavy atom. The van der Waals surface area contributed by atoms with Crippen molar-refractivity contribution in [1.29, 1.82) is 0 Å². The fourth-order valence-electron chi connectivity index (χ4n) is 2.89. The molecule has 1 aromatic rings. The van der Waals surface area contributed by atoms with Crippen LogP contribution in [0.5, 0.6) is 0 Å². The molecule has 0 saturated carbocycles. The van der Waals surface area contributed by atoms with Crippen molar-refractivity contribution in [3.63, 3.8) is 0 Å². The number of amides is 2. The highest BCUT2D eigenvalue weighted by atomic mass is 32.2. The molecular weight excluding hydrogens is 440 g/mol. The van der Waals surface area contributed by atoms with Gasteiger partial charge in [0.1, 0.15) is 24.2 Å². The quantitative estimate of drug-likeness (QED) is 0.147. The molecule has 3 rings (SSSR count). The molecule has 0 bridgehead atoms. The summed E-state index contributed by atoms with van der Waals surface area (Å²) in [4.78, 5) is 47.3. The van der Waals surface area contributed by atoms with Gasteiger partial charge in [-0.1, -0.05) is 17.8 Å². The minimum absolute atomic E-state index is 0.117. The van der Waals surface area contributed by atoms with Gasteiger partial charge in [0.05, 0.1) is 5.70 Å². The molecule has 1 fully saturated rings. The molecule has 1 unspecified atom stereocenters. The monoisotopic (exact) mass is 456 g/mol. The Morgan fingerprint density at radius 2 is 2.34 bits per heavy atom. The van der Waals surface area contributed by atoms with Crippen LogP contribution in [0.4, 0.5) is 5.13 Å². The lowest BCUT2D eigenvalue weighted by Gasteiger charge is -2.49. The van der Waals surface area contributed by atoms with Crippen molar-refractivity contribution in [1.82, 2.24) is 15.2 Å². The number of anilines is 1. The Kier molecular flexibility index (Phi) is 6.44. The number of carbonyl (C=O) groups is 3. The Bertz CT molecular complexity index is 943. The van der Waals surface area contributed by atoms with Gasteiger partial charge >= 0.3 is 0 Å². The van der Waals surface area contributed by atoms with Crippen molar-refractivity contribution in [3.05, 3.63) is 22.3 Å². The Hall–Kier alpha value is -2.58. The maximum atomic E-state index is 12.7. The molecule has 0 radical (unpaired) electrons. The summed E-state index contributed by atoms with van der Waals surface area (Å²) in [7, 11) is 1.28. The summed E-state index contributed by atoms with van der Waals surface area (Å²) in [6.45, 7) is 0. The Morgan fingerprint density at radius 1 is 1.59 bits per heavy atom. The summed E-state index contributed by atoms with van der Waals surface area (Å²) in [5.41, 5.74) is 6.46. The first-order valence-corrected chi connectivity index (χ1v) is 10.5. The van der Waals surface area contributed by atoms with Crippen molar-refractivity contribution in [3.8, 4) is 0 Å². The lowest BCUT2D eigenvalue weighted by atomic mass is 10.0. The Balaban J connectivity index is 1.79. The van der Waals surface area contributed by atoms with E-state index >= 15 is 0 Å². The SMILES string of the molecule is CO/N=C(\C(=O)NC1C(=O)N2C(C(=O)S)=C(CC=NO)CS[C@H]12)c1csc(N)n1. The van der Waals surface area contributed by atoms with Gasteiger partial charge in [-0.3, -0.25) is 19.3 Å². The number of hydrogen-bond acceptors (Lipinski definition) is 11. The molecule has 2 aliphatic heterocycles. The summed E-state index contributed by atoms with van der Waals surface area (Å²) >= 11 is 6.36. The topological polar surface area (TPSA) is 160 Å². The fraction of sp³-hybridized carbons (Fsp3) is 0.333. The molecule has 14 heteroatoms. The number of nitrogens with one attached hydrogen (secondary N) is 1. The standard InChI is InChI=1S/C15H16N6O5S3/c1-26-20-8(7-5-29-15(16)18-7)11(22)19-9-12(23)21-10(14(24)27)6(2-3-17-25)4-28-13(9)21/h3,5,9,13,25H,2,4H2,1H3,(H2,16,18)(H,19,22)(H,24,27)/b17-3?,20-8-/t9?,13-/m1/s1. The van der Waals surface area contributed by atoms with Crippen LogP contribution < -0.4 is 11.1 Å². The first-order valence-electron chi connectivity index (χ1n) is 8.08. The van der Waals surface area contributed by atoms with E-state index in [1.54, 1.807) is 5.38 Å². The number of aromatic nitrogens is 1. The second kappa shape index (κ2) is 8.84. The molecule has 4 N–H and O–H groups in total. The number of hydrogen-bond donors (Lipinski definition) is 4. The largest absolute Gasteiger partial charge is 0.411 e. The summed E-state index contributed by atoms with van der Waals surface area (Å²) in [5.74, 6) is -0.700. The zero-order chi connectivity index (χ0) is 21.1. The Labute approximate surface area is 178 Å². The van der Waals surface area contributed by atoms with Crippen molar-refractivity contribution in [2.24, 2.45) is 10.3 Å². The van der Waals surface area contributed by atoms with Gasteiger partial charge in [0.25, 0.3) is 11.8 Å². The van der Waals surface area contributed by atoms with Crippen LogP contribution >= 0.6 is 35.7 Å². The van der Waals surface area contributed by atoms with Gasteiger partial charge < -0.3 is 21.1 Å². The van der Waals surface area contributed by atoms with Crippen molar-refractivity contribution in [2.45, 2.75) is 17.8 Å². The molecule has 1 saturated heterocycles. The number of thiazole rings is 1. The second-order valence-electron chi connectivity index (χ2n) is 5.81. The molecule has 1 aromatic heterocycles. The summed E-state index contributed by atoms with van der Waals surface area (Å²) in [6.07, 6.45) is 1.43. The van der Waals surface area contributed by atoms with Crippen LogP contribution in [0.1, 0.15) is 12.1 Å². The smallest absolute Gasteiger partial charge is 0.276 e.